The highest BCUT2D eigenvalue weighted by Crippen LogP contribution is 2.45. The molecule has 0 spiro atoms. The molecule has 2 heterocycles. The SMILES string of the molecule is CNC(=O)c1cc(C(=O)NCCC2CN(C(=O)O)CCC2(F)F)cc2c1O[C@H](C)[C@H]2c1ccccc1. The molecule has 1 saturated heterocycles. The first-order valence-corrected chi connectivity index (χ1v) is 11.9. The molecule has 3 amide bonds. The first-order valence-electron chi connectivity index (χ1n) is 11.9. The van der Waals surface area contributed by atoms with E-state index in [-0.39, 0.29) is 49.2 Å². The zero-order valence-electron chi connectivity index (χ0n) is 20.1. The van der Waals surface area contributed by atoms with Crippen LogP contribution in [0.1, 0.15) is 57.5 Å². The van der Waals surface area contributed by atoms with Gasteiger partial charge in [0, 0.05) is 56.1 Å². The van der Waals surface area contributed by atoms with Crippen LogP contribution in [-0.2, 0) is 0 Å². The van der Waals surface area contributed by atoms with Crippen LogP contribution in [0.4, 0.5) is 13.6 Å². The first-order chi connectivity index (χ1) is 17.1. The maximum Gasteiger partial charge on any atom is 0.407 e. The summed E-state index contributed by atoms with van der Waals surface area (Å²) in [5.74, 6) is -4.89. The summed E-state index contributed by atoms with van der Waals surface area (Å²) in [6.07, 6.45) is -2.13. The van der Waals surface area contributed by atoms with Crippen molar-refractivity contribution in [3.8, 4) is 5.75 Å². The van der Waals surface area contributed by atoms with Crippen LogP contribution in [-0.4, -0.2) is 66.6 Å². The van der Waals surface area contributed by atoms with E-state index in [9.17, 15) is 23.2 Å². The zero-order chi connectivity index (χ0) is 26.0. The molecule has 10 heteroatoms. The van der Waals surface area contributed by atoms with Crippen LogP contribution in [0.15, 0.2) is 42.5 Å². The average molecular weight is 502 g/mol. The van der Waals surface area contributed by atoms with E-state index in [1.807, 2.05) is 37.3 Å². The molecule has 192 valence electrons. The summed E-state index contributed by atoms with van der Waals surface area (Å²) < 4.78 is 34.7. The van der Waals surface area contributed by atoms with Crippen molar-refractivity contribution in [1.82, 2.24) is 15.5 Å². The molecule has 2 aromatic carbocycles. The van der Waals surface area contributed by atoms with Crippen molar-refractivity contribution in [2.24, 2.45) is 5.92 Å². The number of fused-ring (bicyclic) bond motifs is 1. The van der Waals surface area contributed by atoms with Crippen molar-refractivity contribution in [3.63, 3.8) is 0 Å². The fraction of sp³-hybridized carbons (Fsp3) is 0.423. The quantitative estimate of drug-likeness (QED) is 0.559. The Balaban J connectivity index is 1.55. The first kappa shape index (κ1) is 25.4. The van der Waals surface area contributed by atoms with Crippen LogP contribution in [0.2, 0.25) is 0 Å². The van der Waals surface area contributed by atoms with E-state index in [1.54, 1.807) is 6.07 Å². The van der Waals surface area contributed by atoms with Crippen LogP contribution in [0.5, 0.6) is 5.75 Å². The second kappa shape index (κ2) is 10.1. The highest BCUT2D eigenvalue weighted by molar-refractivity contribution is 6.02. The lowest BCUT2D eigenvalue weighted by atomic mass is 9.87. The van der Waals surface area contributed by atoms with Gasteiger partial charge in [0.15, 0.2) is 0 Å². The molecule has 2 aromatic rings. The van der Waals surface area contributed by atoms with Gasteiger partial charge in [-0.15, -0.1) is 0 Å². The number of nitrogens with zero attached hydrogens (tertiary/aromatic N) is 1. The normalized spacial score (nSPS) is 22.3. The number of nitrogens with one attached hydrogen (secondary N) is 2. The number of benzene rings is 2. The molecular formula is C26H29F2N3O5. The third kappa shape index (κ3) is 4.98. The summed E-state index contributed by atoms with van der Waals surface area (Å²) in [7, 11) is 1.49. The molecule has 2 aliphatic heterocycles. The number of likely N-dealkylation sites (tertiary alicyclic amines) is 1. The Morgan fingerprint density at radius 3 is 2.56 bits per heavy atom. The molecule has 1 fully saturated rings. The van der Waals surface area contributed by atoms with Gasteiger partial charge in [0.05, 0.1) is 5.56 Å². The van der Waals surface area contributed by atoms with Gasteiger partial charge in [-0.25, -0.2) is 13.6 Å². The number of carbonyl (C=O) groups is 3. The Labute approximate surface area is 207 Å². The molecule has 0 aliphatic carbocycles. The molecule has 2 aliphatic rings. The number of ether oxygens (including phenoxy) is 1. The molecule has 3 atom stereocenters. The highest BCUT2D eigenvalue weighted by atomic mass is 19.3. The summed E-state index contributed by atoms with van der Waals surface area (Å²) in [6.45, 7) is 1.33. The number of amides is 3. The van der Waals surface area contributed by atoms with Gasteiger partial charge in [0.2, 0.25) is 0 Å². The molecule has 1 unspecified atom stereocenters. The van der Waals surface area contributed by atoms with Crippen LogP contribution < -0.4 is 15.4 Å². The number of hydrogen-bond acceptors (Lipinski definition) is 4. The number of hydrogen-bond donors (Lipinski definition) is 3. The average Bonchev–Trinajstić information content (AvgIpc) is 3.19. The third-order valence-electron chi connectivity index (χ3n) is 6.92. The minimum Gasteiger partial charge on any atom is -0.489 e. The number of carbonyl (C=O) groups excluding carboxylic acids is 2. The molecule has 0 saturated carbocycles. The van der Waals surface area contributed by atoms with Crippen LogP contribution >= 0.6 is 0 Å². The van der Waals surface area contributed by atoms with Gasteiger partial charge < -0.3 is 25.4 Å². The summed E-state index contributed by atoms with van der Waals surface area (Å²) in [5.41, 5.74) is 2.12. The maximum absolute atomic E-state index is 14.3. The van der Waals surface area contributed by atoms with Crippen LogP contribution in [0.25, 0.3) is 0 Å². The van der Waals surface area contributed by atoms with Crippen molar-refractivity contribution in [2.45, 2.75) is 37.7 Å². The van der Waals surface area contributed by atoms with E-state index in [4.69, 9.17) is 9.84 Å². The van der Waals surface area contributed by atoms with Gasteiger partial charge in [-0.2, -0.15) is 0 Å². The Kier molecular flexibility index (Phi) is 7.14. The van der Waals surface area contributed by atoms with Gasteiger partial charge in [0.25, 0.3) is 17.7 Å². The van der Waals surface area contributed by atoms with Crippen molar-refractivity contribution in [2.75, 3.05) is 26.7 Å². The molecule has 0 radical (unpaired) electrons. The van der Waals surface area contributed by atoms with E-state index < -0.39 is 36.2 Å². The molecule has 3 N–H and O–H groups in total. The molecule has 36 heavy (non-hydrogen) atoms. The van der Waals surface area contributed by atoms with E-state index in [1.165, 1.54) is 13.1 Å². The molecular weight excluding hydrogens is 472 g/mol. The molecule has 0 bridgehead atoms. The van der Waals surface area contributed by atoms with Crippen LogP contribution in [0.3, 0.4) is 0 Å². The van der Waals surface area contributed by atoms with Crippen LogP contribution in [0, 0.1) is 5.92 Å². The topological polar surface area (TPSA) is 108 Å². The second-order valence-corrected chi connectivity index (χ2v) is 9.21. The molecule has 8 nitrogen and oxygen atoms in total. The predicted molar refractivity (Wildman–Crippen MR) is 128 cm³/mol. The predicted octanol–water partition coefficient (Wildman–Crippen LogP) is 3.71. The lowest BCUT2D eigenvalue weighted by Gasteiger charge is -2.37. The molecule has 4 rings (SSSR count). The van der Waals surface area contributed by atoms with Crippen molar-refractivity contribution >= 4 is 17.9 Å². The van der Waals surface area contributed by atoms with E-state index in [0.29, 0.717) is 11.3 Å². The Hall–Kier alpha value is -3.69. The lowest BCUT2D eigenvalue weighted by molar-refractivity contribution is -0.102. The smallest absolute Gasteiger partial charge is 0.407 e. The van der Waals surface area contributed by atoms with Gasteiger partial charge in [-0.05, 0) is 31.0 Å². The van der Waals surface area contributed by atoms with Crippen molar-refractivity contribution in [3.05, 3.63) is 64.7 Å². The number of carboxylic acid groups (broad SMARTS) is 1. The summed E-state index contributed by atoms with van der Waals surface area (Å²) in [4.78, 5) is 37.8. The number of piperidine rings is 1. The van der Waals surface area contributed by atoms with Gasteiger partial charge in [-0.1, -0.05) is 30.3 Å². The monoisotopic (exact) mass is 501 g/mol. The number of rotatable bonds is 6. The minimum atomic E-state index is -3.01. The summed E-state index contributed by atoms with van der Waals surface area (Å²) in [5, 5.41) is 14.4. The Morgan fingerprint density at radius 2 is 1.89 bits per heavy atom. The molecule has 0 aromatic heterocycles. The van der Waals surface area contributed by atoms with Gasteiger partial charge in [0.1, 0.15) is 11.9 Å². The van der Waals surface area contributed by atoms with Gasteiger partial charge in [-0.3, -0.25) is 9.59 Å². The fourth-order valence-corrected chi connectivity index (χ4v) is 4.98. The van der Waals surface area contributed by atoms with E-state index in [2.05, 4.69) is 10.6 Å². The largest absolute Gasteiger partial charge is 0.489 e. The highest BCUT2D eigenvalue weighted by Gasteiger charge is 2.44. The standard InChI is InChI=1S/C26H29F2N3O5/c1-15-21(16-6-4-3-5-7-16)19-12-17(13-20(22(19)36-15)24(33)29-2)23(32)30-10-8-18-14-31(25(34)35)11-9-26(18,27)28/h3-7,12-13,15,18,21H,8-11,14H2,1-2H3,(H,29,33)(H,30,32)(H,34,35)/t15-,18?,21+/m1/s1. The third-order valence-corrected chi connectivity index (χ3v) is 6.92. The van der Waals surface area contributed by atoms with Crippen molar-refractivity contribution < 1.29 is 33.0 Å². The van der Waals surface area contributed by atoms with E-state index >= 15 is 0 Å². The second-order valence-electron chi connectivity index (χ2n) is 9.21. The summed E-state index contributed by atoms with van der Waals surface area (Å²) in [6, 6.07) is 12.7. The Morgan fingerprint density at radius 1 is 1.17 bits per heavy atom. The maximum atomic E-state index is 14.3. The fourth-order valence-electron chi connectivity index (χ4n) is 4.98. The minimum absolute atomic E-state index is 0.0615. The van der Waals surface area contributed by atoms with Gasteiger partial charge >= 0.3 is 6.09 Å². The van der Waals surface area contributed by atoms with Crippen molar-refractivity contribution in [1.29, 1.82) is 0 Å². The zero-order valence-corrected chi connectivity index (χ0v) is 20.1. The Bertz CT molecular complexity index is 1160. The van der Waals surface area contributed by atoms with E-state index in [0.717, 1.165) is 10.5 Å². The lowest BCUT2D eigenvalue weighted by Crippen LogP contribution is -2.49. The number of halogens is 2. The number of alkyl halides is 2. The summed E-state index contributed by atoms with van der Waals surface area (Å²) >= 11 is 0.